The van der Waals surface area contributed by atoms with Gasteiger partial charge in [0.05, 0.1) is 5.75 Å². The highest BCUT2D eigenvalue weighted by molar-refractivity contribution is 7.91. The number of carbonyl (C=O) groups excluding carboxylic acids is 1. The molecule has 1 unspecified atom stereocenters. The summed E-state index contributed by atoms with van der Waals surface area (Å²) >= 11 is 0. The SMILES string of the molecule is CCS(=O)(=O)CCNC(=O)C(C)C1CNC1. The van der Waals surface area contributed by atoms with Gasteiger partial charge in [0.15, 0.2) is 9.84 Å². The van der Waals surface area contributed by atoms with Crippen LogP contribution >= 0.6 is 0 Å². The fourth-order valence-electron chi connectivity index (χ4n) is 1.51. The molecule has 1 heterocycles. The average Bonchev–Trinajstić information content (AvgIpc) is 2.14. The van der Waals surface area contributed by atoms with Crippen molar-refractivity contribution in [3.63, 3.8) is 0 Å². The third kappa shape index (κ3) is 3.75. The van der Waals surface area contributed by atoms with Crippen LogP contribution in [0.4, 0.5) is 0 Å². The van der Waals surface area contributed by atoms with E-state index >= 15 is 0 Å². The van der Waals surface area contributed by atoms with E-state index in [1.807, 2.05) is 6.92 Å². The standard InChI is InChI=1S/C10H20N2O3S/c1-3-16(14,15)5-4-12-10(13)8(2)9-6-11-7-9/h8-9,11H,3-7H2,1-2H3,(H,12,13). The molecular weight excluding hydrogens is 228 g/mol. The number of hydrogen-bond donors (Lipinski definition) is 2. The largest absolute Gasteiger partial charge is 0.355 e. The monoisotopic (exact) mass is 248 g/mol. The Balaban J connectivity index is 2.24. The number of amides is 1. The lowest BCUT2D eigenvalue weighted by Gasteiger charge is -2.31. The van der Waals surface area contributed by atoms with Crippen LogP contribution in [0, 0.1) is 11.8 Å². The predicted octanol–water partition coefficient (Wildman–Crippen LogP) is -0.607. The lowest BCUT2D eigenvalue weighted by Crippen LogP contribution is -2.50. The van der Waals surface area contributed by atoms with Crippen LogP contribution in [0.1, 0.15) is 13.8 Å². The van der Waals surface area contributed by atoms with E-state index in [1.54, 1.807) is 6.92 Å². The Bertz CT molecular complexity index is 336. The number of nitrogens with one attached hydrogen (secondary N) is 2. The zero-order chi connectivity index (χ0) is 12.2. The third-order valence-electron chi connectivity index (χ3n) is 3.09. The molecule has 1 fully saturated rings. The molecule has 16 heavy (non-hydrogen) atoms. The van der Waals surface area contributed by atoms with Gasteiger partial charge in [0.25, 0.3) is 0 Å². The summed E-state index contributed by atoms with van der Waals surface area (Å²) in [7, 11) is -2.98. The van der Waals surface area contributed by atoms with Gasteiger partial charge in [-0.25, -0.2) is 8.42 Å². The molecule has 1 saturated heterocycles. The molecule has 6 heteroatoms. The molecule has 0 spiro atoms. The fraction of sp³-hybridized carbons (Fsp3) is 0.900. The Kier molecular flexibility index (Phi) is 4.73. The molecule has 0 aromatic carbocycles. The van der Waals surface area contributed by atoms with Gasteiger partial charge in [-0.05, 0) is 19.0 Å². The number of sulfone groups is 1. The highest BCUT2D eigenvalue weighted by Gasteiger charge is 2.28. The molecule has 0 aromatic heterocycles. The molecule has 94 valence electrons. The normalized spacial score (nSPS) is 18.9. The third-order valence-corrected chi connectivity index (χ3v) is 4.79. The number of carbonyl (C=O) groups is 1. The molecule has 0 radical (unpaired) electrons. The van der Waals surface area contributed by atoms with Crippen molar-refractivity contribution in [3.05, 3.63) is 0 Å². The van der Waals surface area contributed by atoms with Crippen molar-refractivity contribution in [3.8, 4) is 0 Å². The molecule has 1 rings (SSSR count). The lowest BCUT2D eigenvalue weighted by molar-refractivity contribution is -0.126. The van der Waals surface area contributed by atoms with Crippen molar-refractivity contribution in [2.45, 2.75) is 13.8 Å². The fourth-order valence-corrected chi connectivity index (χ4v) is 2.22. The zero-order valence-corrected chi connectivity index (χ0v) is 10.6. The lowest BCUT2D eigenvalue weighted by atomic mass is 9.88. The van der Waals surface area contributed by atoms with Gasteiger partial charge in [-0.1, -0.05) is 13.8 Å². The first-order valence-corrected chi connectivity index (χ1v) is 7.47. The Hall–Kier alpha value is -0.620. The highest BCUT2D eigenvalue weighted by atomic mass is 32.2. The van der Waals surface area contributed by atoms with Crippen molar-refractivity contribution < 1.29 is 13.2 Å². The van der Waals surface area contributed by atoms with E-state index in [9.17, 15) is 13.2 Å². The first kappa shape index (κ1) is 13.4. The summed E-state index contributed by atoms with van der Waals surface area (Å²) in [6.45, 7) is 5.47. The molecular formula is C10H20N2O3S. The minimum Gasteiger partial charge on any atom is -0.355 e. The van der Waals surface area contributed by atoms with Crippen molar-refractivity contribution in [1.82, 2.24) is 10.6 Å². The van der Waals surface area contributed by atoms with E-state index in [0.717, 1.165) is 13.1 Å². The van der Waals surface area contributed by atoms with Crippen LogP contribution in [-0.4, -0.2) is 45.5 Å². The van der Waals surface area contributed by atoms with Gasteiger partial charge < -0.3 is 10.6 Å². The molecule has 0 aromatic rings. The molecule has 5 nitrogen and oxygen atoms in total. The van der Waals surface area contributed by atoms with Gasteiger partial charge in [0.1, 0.15) is 0 Å². The molecule has 2 N–H and O–H groups in total. The Morgan fingerprint density at radius 2 is 2.12 bits per heavy atom. The van der Waals surface area contributed by atoms with E-state index in [4.69, 9.17) is 0 Å². The molecule has 1 amide bonds. The molecule has 0 aliphatic carbocycles. The summed E-state index contributed by atoms with van der Waals surface area (Å²) in [6, 6.07) is 0. The van der Waals surface area contributed by atoms with Crippen LogP contribution in [0.5, 0.6) is 0 Å². The predicted molar refractivity (Wildman–Crippen MR) is 62.9 cm³/mol. The van der Waals surface area contributed by atoms with Gasteiger partial charge in [-0.2, -0.15) is 0 Å². The van der Waals surface area contributed by atoms with E-state index in [2.05, 4.69) is 10.6 Å². The van der Waals surface area contributed by atoms with E-state index in [1.165, 1.54) is 0 Å². The minimum absolute atomic E-state index is 0.0326. The molecule has 0 bridgehead atoms. The zero-order valence-electron chi connectivity index (χ0n) is 9.82. The summed E-state index contributed by atoms with van der Waals surface area (Å²) in [5.74, 6) is 0.474. The van der Waals surface area contributed by atoms with Gasteiger partial charge in [-0.15, -0.1) is 0 Å². The van der Waals surface area contributed by atoms with Crippen LogP contribution in [0.2, 0.25) is 0 Å². The first-order valence-electron chi connectivity index (χ1n) is 5.65. The van der Waals surface area contributed by atoms with Crippen LogP contribution < -0.4 is 10.6 Å². The van der Waals surface area contributed by atoms with Crippen molar-refractivity contribution in [1.29, 1.82) is 0 Å². The maximum atomic E-state index is 11.6. The second kappa shape index (κ2) is 5.63. The van der Waals surface area contributed by atoms with Crippen molar-refractivity contribution >= 4 is 15.7 Å². The topological polar surface area (TPSA) is 75.3 Å². The molecule has 1 aliphatic rings. The van der Waals surface area contributed by atoms with Gasteiger partial charge in [-0.3, -0.25) is 4.79 Å². The Morgan fingerprint density at radius 1 is 1.50 bits per heavy atom. The van der Waals surface area contributed by atoms with Crippen molar-refractivity contribution in [2.24, 2.45) is 11.8 Å². The Morgan fingerprint density at radius 3 is 2.56 bits per heavy atom. The van der Waals surface area contributed by atoms with Gasteiger partial charge >= 0.3 is 0 Å². The van der Waals surface area contributed by atoms with Crippen LogP contribution in [0.25, 0.3) is 0 Å². The summed E-state index contributed by atoms with van der Waals surface area (Å²) in [5, 5.41) is 5.79. The van der Waals surface area contributed by atoms with E-state index < -0.39 is 9.84 Å². The van der Waals surface area contributed by atoms with Crippen LogP contribution in [-0.2, 0) is 14.6 Å². The van der Waals surface area contributed by atoms with Crippen LogP contribution in [0.3, 0.4) is 0 Å². The summed E-state index contributed by atoms with van der Waals surface area (Å²) in [4.78, 5) is 11.6. The van der Waals surface area contributed by atoms with Gasteiger partial charge in [0, 0.05) is 18.2 Å². The quantitative estimate of drug-likeness (QED) is 0.658. The van der Waals surface area contributed by atoms with Gasteiger partial charge in [0.2, 0.25) is 5.91 Å². The first-order chi connectivity index (χ1) is 7.46. The number of hydrogen-bond acceptors (Lipinski definition) is 4. The second-order valence-electron chi connectivity index (χ2n) is 4.23. The molecule has 1 atom stereocenters. The maximum absolute atomic E-state index is 11.6. The number of rotatable bonds is 6. The summed E-state index contributed by atoms with van der Waals surface area (Å²) < 4.78 is 22.4. The van der Waals surface area contributed by atoms with E-state index in [0.29, 0.717) is 5.92 Å². The van der Waals surface area contributed by atoms with E-state index in [-0.39, 0.29) is 29.9 Å². The minimum atomic E-state index is -2.98. The van der Waals surface area contributed by atoms with Crippen molar-refractivity contribution in [2.75, 3.05) is 31.1 Å². The smallest absolute Gasteiger partial charge is 0.223 e. The van der Waals surface area contributed by atoms with Crippen LogP contribution in [0.15, 0.2) is 0 Å². The summed E-state index contributed by atoms with van der Waals surface area (Å²) in [6.07, 6.45) is 0. The second-order valence-corrected chi connectivity index (χ2v) is 6.71. The Labute approximate surface area is 96.9 Å². The molecule has 1 aliphatic heterocycles. The average molecular weight is 248 g/mol. The molecule has 0 saturated carbocycles. The maximum Gasteiger partial charge on any atom is 0.223 e. The highest BCUT2D eigenvalue weighted by Crippen LogP contribution is 2.15. The summed E-state index contributed by atoms with van der Waals surface area (Å²) in [5.41, 5.74) is 0.